The number of nitrogens with zero attached hydrogens (tertiary/aromatic N) is 5. The quantitative estimate of drug-likeness (QED) is 0.835. The highest BCUT2D eigenvalue weighted by Crippen LogP contribution is 2.24. The number of piperidine rings is 1. The molecule has 6 heteroatoms. The van der Waals surface area contributed by atoms with E-state index in [1.807, 2.05) is 0 Å². The predicted molar refractivity (Wildman–Crippen MR) is 102 cm³/mol. The monoisotopic (exact) mass is 340 g/mol. The summed E-state index contributed by atoms with van der Waals surface area (Å²) in [6.07, 6.45) is 5.34. The molecule has 2 heterocycles. The fourth-order valence-corrected chi connectivity index (χ4v) is 3.23. The second-order valence-electron chi connectivity index (χ2n) is 6.99. The van der Waals surface area contributed by atoms with Gasteiger partial charge in [0.05, 0.1) is 6.20 Å². The molecule has 0 aliphatic carbocycles. The molecule has 0 atom stereocenters. The standard InChI is InChI=1S/C19H28N6/c1-24(2)13-10-20-19-22-18(15-21-23-19)25-11-8-17(9-12-25)14-16-6-4-3-5-7-16/h3-7,15,17H,8-14H2,1-2H3,(H,20,22,23). The van der Waals surface area contributed by atoms with Crippen molar-refractivity contribution in [2.75, 3.05) is 50.5 Å². The van der Waals surface area contributed by atoms with Crippen LogP contribution in [0.2, 0.25) is 0 Å². The molecule has 3 rings (SSSR count). The SMILES string of the molecule is CN(C)CCNc1nncc(N2CCC(Cc3ccccc3)CC2)n1. The Morgan fingerprint density at radius 2 is 1.92 bits per heavy atom. The highest BCUT2D eigenvalue weighted by molar-refractivity contribution is 5.40. The highest BCUT2D eigenvalue weighted by Gasteiger charge is 2.21. The van der Waals surface area contributed by atoms with Crippen LogP contribution in [0.3, 0.4) is 0 Å². The topological polar surface area (TPSA) is 57.2 Å². The Bertz CT molecular complexity index is 637. The lowest BCUT2D eigenvalue weighted by Gasteiger charge is -2.32. The molecule has 0 spiro atoms. The van der Waals surface area contributed by atoms with Gasteiger partial charge in [-0.1, -0.05) is 30.3 Å². The second-order valence-corrected chi connectivity index (χ2v) is 6.99. The van der Waals surface area contributed by atoms with E-state index in [-0.39, 0.29) is 0 Å². The lowest BCUT2D eigenvalue weighted by atomic mass is 9.90. The second kappa shape index (κ2) is 8.76. The van der Waals surface area contributed by atoms with Crippen LogP contribution in [0, 0.1) is 5.92 Å². The molecule has 1 aromatic heterocycles. The summed E-state index contributed by atoms with van der Waals surface area (Å²) in [6, 6.07) is 10.8. The van der Waals surface area contributed by atoms with Gasteiger partial charge in [-0.2, -0.15) is 10.1 Å². The normalized spacial score (nSPS) is 15.6. The molecule has 6 nitrogen and oxygen atoms in total. The van der Waals surface area contributed by atoms with Crippen molar-refractivity contribution in [2.24, 2.45) is 5.92 Å². The molecular weight excluding hydrogens is 312 g/mol. The number of benzene rings is 1. The molecule has 2 aromatic rings. The molecule has 0 amide bonds. The van der Waals surface area contributed by atoms with Crippen molar-refractivity contribution in [3.63, 3.8) is 0 Å². The predicted octanol–water partition coefficient (Wildman–Crippen LogP) is 2.30. The lowest BCUT2D eigenvalue weighted by molar-refractivity contribution is 0.402. The zero-order valence-electron chi connectivity index (χ0n) is 15.2. The van der Waals surface area contributed by atoms with Crippen molar-refractivity contribution in [3.05, 3.63) is 42.1 Å². The number of hydrogen-bond donors (Lipinski definition) is 1. The molecule has 1 aromatic carbocycles. The Kier molecular flexibility index (Phi) is 6.17. The van der Waals surface area contributed by atoms with Crippen molar-refractivity contribution in [1.29, 1.82) is 0 Å². The molecule has 0 saturated carbocycles. The summed E-state index contributed by atoms with van der Waals surface area (Å²) in [5, 5.41) is 11.4. The van der Waals surface area contributed by atoms with Gasteiger partial charge in [-0.05, 0) is 44.8 Å². The van der Waals surface area contributed by atoms with E-state index in [1.54, 1.807) is 6.20 Å². The fraction of sp³-hybridized carbons (Fsp3) is 0.526. The number of aromatic nitrogens is 3. The molecule has 1 aliphatic rings. The minimum Gasteiger partial charge on any atom is -0.355 e. The minimum atomic E-state index is 0.616. The van der Waals surface area contributed by atoms with Gasteiger partial charge in [0.25, 0.3) is 0 Å². The molecule has 1 aliphatic heterocycles. The van der Waals surface area contributed by atoms with E-state index in [9.17, 15) is 0 Å². The van der Waals surface area contributed by atoms with E-state index in [0.717, 1.165) is 37.9 Å². The zero-order valence-corrected chi connectivity index (χ0v) is 15.2. The van der Waals surface area contributed by atoms with E-state index in [0.29, 0.717) is 5.95 Å². The van der Waals surface area contributed by atoms with Gasteiger partial charge in [0.1, 0.15) is 0 Å². The van der Waals surface area contributed by atoms with Gasteiger partial charge in [-0.3, -0.25) is 0 Å². The molecule has 134 valence electrons. The first-order valence-corrected chi connectivity index (χ1v) is 9.08. The number of nitrogens with one attached hydrogen (secondary N) is 1. The van der Waals surface area contributed by atoms with E-state index in [1.165, 1.54) is 24.8 Å². The van der Waals surface area contributed by atoms with E-state index in [2.05, 4.69) is 74.7 Å². The fourth-order valence-electron chi connectivity index (χ4n) is 3.23. The molecule has 0 bridgehead atoms. The van der Waals surface area contributed by atoms with Crippen molar-refractivity contribution in [2.45, 2.75) is 19.3 Å². The summed E-state index contributed by atoms with van der Waals surface area (Å²) >= 11 is 0. The Hall–Kier alpha value is -2.21. The van der Waals surface area contributed by atoms with Crippen LogP contribution >= 0.6 is 0 Å². The molecule has 1 N–H and O–H groups in total. The van der Waals surface area contributed by atoms with Crippen molar-refractivity contribution >= 4 is 11.8 Å². The summed E-state index contributed by atoms with van der Waals surface area (Å²) in [4.78, 5) is 9.08. The molecule has 1 saturated heterocycles. The summed E-state index contributed by atoms with van der Waals surface area (Å²) < 4.78 is 0. The Morgan fingerprint density at radius 1 is 1.16 bits per heavy atom. The van der Waals surface area contributed by atoms with Gasteiger partial charge in [0, 0.05) is 26.2 Å². The zero-order chi connectivity index (χ0) is 17.5. The Morgan fingerprint density at radius 3 is 2.64 bits per heavy atom. The van der Waals surface area contributed by atoms with Gasteiger partial charge < -0.3 is 15.1 Å². The first kappa shape index (κ1) is 17.6. The summed E-state index contributed by atoms with van der Waals surface area (Å²) in [6.45, 7) is 3.83. The van der Waals surface area contributed by atoms with Crippen LogP contribution in [-0.4, -0.2) is 60.4 Å². The largest absolute Gasteiger partial charge is 0.355 e. The van der Waals surface area contributed by atoms with Crippen LogP contribution in [0.1, 0.15) is 18.4 Å². The maximum absolute atomic E-state index is 4.62. The van der Waals surface area contributed by atoms with Gasteiger partial charge >= 0.3 is 0 Å². The maximum atomic E-state index is 4.62. The van der Waals surface area contributed by atoms with Crippen LogP contribution in [0.5, 0.6) is 0 Å². The number of anilines is 2. The summed E-state index contributed by atoms with van der Waals surface area (Å²) in [7, 11) is 4.10. The minimum absolute atomic E-state index is 0.616. The number of rotatable bonds is 7. The smallest absolute Gasteiger partial charge is 0.244 e. The van der Waals surface area contributed by atoms with Crippen LogP contribution in [-0.2, 0) is 6.42 Å². The third kappa shape index (κ3) is 5.39. The Labute approximate surface area is 150 Å². The van der Waals surface area contributed by atoms with E-state index >= 15 is 0 Å². The van der Waals surface area contributed by atoms with Crippen molar-refractivity contribution in [3.8, 4) is 0 Å². The highest BCUT2D eigenvalue weighted by atomic mass is 15.3. The van der Waals surface area contributed by atoms with Gasteiger partial charge in [0.15, 0.2) is 5.82 Å². The third-order valence-electron chi connectivity index (χ3n) is 4.69. The third-order valence-corrected chi connectivity index (χ3v) is 4.69. The molecule has 1 fully saturated rings. The first-order chi connectivity index (χ1) is 12.2. The van der Waals surface area contributed by atoms with Gasteiger partial charge in [-0.25, -0.2) is 0 Å². The van der Waals surface area contributed by atoms with Crippen LogP contribution < -0.4 is 10.2 Å². The molecule has 0 radical (unpaired) electrons. The van der Waals surface area contributed by atoms with Crippen molar-refractivity contribution in [1.82, 2.24) is 20.1 Å². The molecular formula is C19H28N6. The van der Waals surface area contributed by atoms with Crippen LogP contribution in [0.15, 0.2) is 36.5 Å². The lowest BCUT2D eigenvalue weighted by Crippen LogP contribution is -2.35. The van der Waals surface area contributed by atoms with Crippen molar-refractivity contribution < 1.29 is 0 Å². The number of likely N-dealkylation sites (N-methyl/N-ethyl adjacent to an activating group) is 1. The summed E-state index contributed by atoms with van der Waals surface area (Å²) in [5.74, 6) is 2.30. The molecule has 25 heavy (non-hydrogen) atoms. The summed E-state index contributed by atoms with van der Waals surface area (Å²) in [5.41, 5.74) is 1.44. The van der Waals surface area contributed by atoms with Gasteiger partial charge in [0.2, 0.25) is 5.95 Å². The van der Waals surface area contributed by atoms with Gasteiger partial charge in [-0.15, -0.1) is 5.10 Å². The average molecular weight is 340 g/mol. The Balaban J connectivity index is 1.50. The van der Waals surface area contributed by atoms with E-state index < -0.39 is 0 Å². The van der Waals surface area contributed by atoms with Crippen LogP contribution in [0.25, 0.3) is 0 Å². The van der Waals surface area contributed by atoms with E-state index in [4.69, 9.17) is 0 Å². The first-order valence-electron chi connectivity index (χ1n) is 9.08. The molecule has 0 unspecified atom stereocenters. The average Bonchev–Trinajstić information content (AvgIpc) is 2.63. The number of hydrogen-bond acceptors (Lipinski definition) is 6. The van der Waals surface area contributed by atoms with Crippen LogP contribution in [0.4, 0.5) is 11.8 Å². The maximum Gasteiger partial charge on any atom is 0.244 e.